The van der Waals surface area contributed by atoms with Crippen LogP contribution in [0.4, 0.5) is 0 Å². The van der Waals surface area contributed by atoms with Crippen molar-refractivity contribution in [2.75, 3.05) is 0 Å². The molecular formula is C28H16Br2O5. The molecule has 0 radical (unpaired) electrons. The largest absolute Gasteiger partial charge is 0.457 e. The van der Waals surface area contributed by atoms with Gasteiger partial charge in [0.25, 0.3) is 0 Å². The maximum absolute atomic E-state index is 12.5. The van der Waals surface area contributed by atoms with E-state index in [1.165, 1.54) is 24.3 Å². The summed E-state index contributed by atoms with van der Waals surface area (Å²) in [6, 6.07) is 25.5. The van der Waals surface area contributed by atoms with Crippen molar-refractivity contribution in [3.8, 4) is 11.5 Å². The van der Waals surface area contributed by atoms with E-state index in [4.69, 9.17) is 4.74 Å². The second kappa shape index (κ2) is 10.7. The molecule has 0 saturated heterocycles. The van der Waals surface area contributed by atoms with Gasteiger partial charge in [-0.25, -0.2) is 0 Å². The summed E-state index contributed by atoms with van der Waals surface area (Å²) >= 11 is 6.59. The molecule has 0 heterocycles. The van der Waals surface area contributed by atoms with E-state index in [2.05, 4.69) is 31.9 Å². The first-order chi connectivity index (χ1) is 16.8. The van der Waals surface area contributed by atoms with Crippen molar-refractivity contribution in [1.29, 1.82) is 0 Å². The van der Waals surface area contributed by atoms with Crippen LogP contribution in [0.2, 0.25) is 0 Å². The van der Waals surface area contributed by atoms with E-state index in [-0.39, 0.29) is 11.1 Å². The zero-order chi connectivity index (χ0) is 24.9. The third-order valence-corrected chi connectivity index (χ3v) is 6.15. The number of carbonyl (C=O) groups is 4. The Balaban J connectivity index is 1.40. The van der Waals surface area contributed by atoms with Gasteiger partial charge < -0.3 is 4.74 Å². The standard InChI is InChI=1S/C28H16Br2O5/c29-21-9-1-17(2-10-21)25(31)27(33)19-5-13-23(14-6-19)35-24-15-7-20(8-16-24)28(34)26(32)18-3-11-22(30)12-4-18/h1-16H. The van der Waals surface area contributed by atoms with Gasteiger partial charge in [-0.2, -0.15) is 0 Å². The van der Waals surface area contributed by atoms with Gasteiger partial charge in [-0.1, -0.05) is 31.9 Å². The van der Waals surface area contributed by atoms with Crippen LogP contribution in [0.1, 0.15) is 41.4 Å². The Morgan fingerprint density at radius 1 is 0.400 bits per heavy atom. The highest BCUT2D eigenvalue weighted by Gasteiger charge is 2.19. The highest BCUT2D eigenvalue weighted by atomic mass is 79.9. The van der Waals surface area contributed by atoms with E-state index in [9.17, 15) is 19.2 Å². The van der Waals surface area contributed by atoms with Gasteiger partial charge in [0.2, 0.25) is 23.1 Å². The molecule has 172 valence electrons. The Bertz CT molecular complexity index is 1300. The molecule has 0 aliphatic heterocycles. The van der Waals surface area contributed by atoms with Crippen molar-refractivity contribution in [2.24, 2.45) is 0 Å². The van der Waals surface area contributed by atoms with Crippen molar-refractivity contribution in [2.45, 2.75) is 0 Å². The summed E-state index contributed by atoms with van der Waals surface area (Å²) in [4.78, 5) is 49.9. The van der Waals surface area contributed by atoms with Gasteiger partial charge >= 0.3 is 0 Å². The molecule has 0 aromatic heterocycles. The molecule has 4 aromatic rings. The Morgan fingerprint density at radius 2 is 0.629 bits per heavy atom. The van der Waals surface area contributed by atoms with E-state index in [0.717, 1.165) is 8.95 Å². The van der Waals surface area contributed by atoms with Crippen molar-refractivity contribution in [3.63, 3.8) is 0 Å². The summed E-state index contributed by atoms with van der Waals surface area (Å²) in [6.07, 6.45) is 0. The first-order valence-corrected chi connectivity index (χ1v) is 12.0. The molecule has 35 heavy (non-hydrogen) atoms. The molecule has 5 nitrogen and oxygen atoms in total. The third kappa shape index (κ3) is 5.88. The number of ether oxygens (including phenoxy) is 1. The molecule has 4 aromatic carbocycles. The highest BCUT2D eigenvalue weighted by molar-refractivity contribution is 9.10. The SMILES string of the molecule is O=C(C(=O)c1ccc(Oc2ccc(C(=O)C(=O)c3ccc(Br)cc3)cc2)cc1)c1ccc(Br)cc1. The van der Waals surface area contributed by atoms with Crippen molar-refractivity contribution < 1.29 is 23.9 Å². The second-order valence-electron chi connectivity index (χ2n) is 7.48. The number of hydrogen-bond acceptors (Lipinski definition) is 5. The lowest BCUT2D eigenvalue weighted by atomic mass is 10.0. The Kier molecular flexibility index (Phi) is 7.48. The molecule has 0 N–H and O–H groups in total. The van der Waals surface area contributed by atoms with Crippen LogP contribution in [-0.2, 0) is 0 Å². The number of hydrogen-bond donors (Lipinski definition) is 0. The minimum atomic E-state index is -0.614. The topological polar surface area (TPSA) is 77.5 Å². The van der Waals surface area contributed by atoms with Gasteiger partial charge in [0, 0.05) is 31.2 Å². The van der Waals surface area contributed by atoms with Crippen LogP contribution in [0.25, 0.3) is 0 Å². The molecule has 0 aliphatic rings. The number of carbonyl (C=O) groups excluding carboxylic acids is 4. The Hall–Kier alpha value is -3.68. The smallest absolute Gasteiger partial charge is 0.233 e. The first-order valence-electron chi connectivity index (χ1n) is 10.4. The Labute approximate surface area is 218 Å². The number of halogens is 2. The Morgan fingerprint density at radius 3 is 0.886 bits per heavy atom. The first kappa shape index (κ1) is 24.4. The predicted octanol–water partition coefficient (Wildman–Crippen LogP) is 7.14. The zero-order valence-electron chi connectivity index (χ0n) is 18.0. The van der Waals surface area contributed by atoms with Gasteiger partial charge in [-0.3, -0.25) is 19.2 Å². The summed E-state index contributed by atoms with van der Waals surface area (Å²) in [6.45, 7) is 0. The van der Waals surface area contributed by atoms with E-state index < -0.39 is 23.1 Å². The molecule has 0 saturated carbocycles. The lowest BCUT2D eigenvalue weighted by Gasteiger charge is -2.08. The van der Waals surface area contributed by atoms with Gasteiger partial charge in [-0.05, 0) is 97.1 Å². The maximum atomic E-state index is 12.5. The van der Waals surface area contributed by atoms with E-state index in [0.29, 0.717) is 22.6 Å². The molecule has 0 spiro atoms. The minimum absolute atomic E-state index is 0.248. The molecule has 0 aliphatic carbocycles. The summed E-state index contributed by atoms with van der Waals surface area (Å²) in [5.74, 6) is -1.52. The molecule has 4 rings (SSSR count). The van der Waals surface area contributed by atoms with Crippen LogP contribution in [-0.4, -0.2) is 23.1 Å². The average Bonchev–Trinajstić information content (AvgIpc) is 2.89. The fourth-order valence-corrected chi connectivity index (χ4v) is 3.74. The van der Waals surface area contributed by atoms with Crippen LogP contribution in [0.3, 0.4) is 0 Å². The third-order valence-electron chi connectivity index (χ3n) is 5.09. The van der Waals surface area contributed by atoms with Crippen molar-refractivity contribution in [3.05, 3.63) is 128 Å². The monoisotopic (exact) mass is 590 g/mol. The second-order valence-corrected chi connectivity index (χ2v) is 9.31. The molecule has 0 bridgehead atoms. The maximum Gasteiger partial charge on any atom is 0.233 e. The molecule has 0 atom stereocenters. The molecule has 0 unspecified atom stereocenters. The van der Waals surface area contributed by atoms with Gasteiger partial charge in [0.1, 0.15) is 11.5 Å². The summed E-state index contributed by atoms with van der Waals surface area (Å²) in [5, 5.41) is 0. The predicted molar refractivity (Wildman–Crippen MR) is 139 cm³/mol. The highest BCUT2D eigenvalue weighted by Crippen LogP contribution is 2.23. The summed E-state index contributed by atoms with van der Waals surface area (Å²) in [5.41, 5.74) is 1.12. The molecule has 0 fully saturated rings. The van der Waals surface area contributed by atoms with Crippen molar-refractivity contribution >= 4 is 55.0 Å². The van der Waals surface area contributed by atoms with E-state index >= 15 is 0 Å². The normalized spacial score (nSPS) is 10.5. The molecule has 0 amide bonds. The number of ketones is 4. The summed E-state index contributed by atoms with van der Waals surface area (Å²) < 4.78 is 7.39. The molecule has 7 heteroatoms. The van der Waals surface area contributed by atoms with E-state index in [1.54, 1.807) is 72.8 Å². The fraction of sp³-hybridized carbons (Fsp3) is 0. The van der Waals surface area contributed by atoms with Crippen LogP contribution < -0.4 is 4.74 Å². The van der Waals surface area contributed by atoms with Crippen LogP contribution in [0.5, 0.6) is 11.5 Å². The number of benzene rings is 4. The van der Waals surface area contributed by atoms with Gasteiger partial charge in [0.05, 0.1) is 0 Å². The van der Waals surface area contributed by atoms with Gasteiger partial charge in [0.15, 0.2) is 0 Å². The average molecular weight is 592 g/mol. The summed E-state index contributed by atoms with van der Waals surface area (Å²) in [7, 11) is 0. The fourth-order valence-electron chi connectivity index (χ4n) is 3.21. The van der Waals surface area contributed by atoms with Crippen LogP contribution >= 0.6 is 31.9 Å². The van der Waals surface area contributed by atoms with Crippen LogP contribution in [0.15, 0.2) is 106 Å². The van der Waals surface area contributed by atoms with Crippen molar-refractivity contribution in [1.82, 2.24) is 0 Å². The lowest BCUT2D eigenvalue weighted by molar-refractivity contribution is 0.0817. The minimum Gasteiger partial charge on any atom is -0.457 e. The van der Waals surface area contributed by atoms with Gasteiger partial charge in [-0.15, -0.1) is 0 Å². The number of rotatable bonds is 8. The lowest BCUT2D eigenvalue weighted by Crippen LogP contribution is -2.14. The van der Waals surface area contributed by atoms with E-state index in [1.807, 2.05) is 0 Å². The number of Topliss-reactive ketones (excluding diaryl/α,β-unsaturated/α-hetero) is 4. The van der Waals surface area contributed by atoms with Crippen LogP contribution in [0, 0.1) is 0 Å². The quantitative estimate of drug-likeness (QED) is 0.161. The molecular weight excluding hydrogens is 576 g/mol. The zero-order valence-corrected chi connectivity index (χ0v) is 21.2.